The molecule has 2 aromatic rings. The molecule has 0 aliphatic carbocycles. The van der Waals surface area contributed by atoms with Gasteiger partial charge in [0.2, 0.25) is 15.9 Å². The molecule has 222 valence electrons. The maximum absolute atomic E-state index is 13.7. The van der Waals surface area contributed by atoms with Gasteiger partial charge in [-0.15, -0.1) is 0 Å². The van der Waals surface area contributed by atoms with Gasteiger partial charge in [0.25, 0.3) is 5.91 Å². The lowest BCUT2D eigenvalue weighted by Gasteiger charge is -2.41. The first-order valence-electron chi connectivity index (χ1n) is 14.8. The Balaban J connectivity index is 1.29. The normalized spacial score (nSPS) is 20.6. The Hall–Kier alpha value is -3.11. The first kappa shape index (κ1) is 29.4. The van der Waals surface area contributed by atoms with E-state index < -0.39 is 15.4 Å². The third-order valence-electron chi connectivity index (χ3n) is 8.78. The number of aryl methyl sites for hydroxylation is 1. The number of methoxy groups -OCH3 is 1. The molecule has 1 spiro atoms. The van der Waals surface area contributed by atoms with Crippen molar-refractivity contribution >= 4 is 21.8 Å². The van der Waals surface area contributed by atoms with Gasteiger partial charge in [-0.25, -0.2) is 8.42 Å². The Bertz CT molecular complexity index is 1350. The van der Waals surface area contributed by atoms with Crippen LogP contribution in [0.3, 0.4) is 0 Å². The number of hydrogen-bond acceptors (Lipinski definition) is 6. The van der Waals surface area contributed by atoms with Crippen molar-refractivity contribution in [3.63, 3.8) is 0 Å². The molecule has 0 radical (unpaired) electrons. The topological polar surface area (TPSA) is 105 Å². The van der Waals surface area contributed by atoms with Crippen molar-refractivity contribution in [1.82, 2.24) is 14.5 Å². The molecule has 1 N–H and O–H groups in total. The van der Waals surface area contributed by atoms with Crippen LogP contribution in [0.5, 0.6) is 11.5 Å². The predicted molar refractivity (Wildman–Crippen MR) is 156 cm³/mol. The summed E-state index contributed by atoms with van der Waals surface area (Å²) < 4.78 is 39.3. The Labute approximate surface area is 243 Å². The summed E-state index contributed by atoms with van der Waals surface area (Å²) in [5, 5.41) is 3.14. The zero-order valence-electron chi connectivity index (χ0n) is 23.9. The monoisotopic (exact) mass is 583 g/mol. The number of amides is 2. The molecule has 41 heavy (non-hydrogen) atoms. The van der Waals surface area contributed by atoms with Crippen molar-refractivity contribution < 1.29 is 27.5 Å². The maximum atomic E-state index is 13.7. The summed E-state index contributed by atoms with van der Waals surface area (Å²) in [7, 11) is -2.20. The summed E-state index contributed by atoms with van der Waals surface area (Å²) in [5.74, 6) is 1.05. The number of nitrogens with zero attached hydrogens (tertiary/aromatic N) is 2. The Morgan fingerprint density at radius 1 is 0.951 bits per heavy atom. The largest absolute Gasteiger partial charge is 0.496 e. The van der Waals surface area contributed by atoms with Crippen LogP contribution in [0.1, 0.15) is 67.3 Å². The van der Waals surface area contributed by atoms with Gasteiger partial charge in [0, 0.05) is 32.7 Å². The molecule has 9 nitrogen and oxygen atoms in total. The number of fused-ring (bicyclic) bond motifs is 1. The SMILES string of the molecule is COc1ccc(S(=O)(=O)N2CCCC2)cc1C(=O)N1CCC2(CCCCc3ccccc3OCCCNC2=O)CC1. The number of piperidine rings is 1. The van der Waals surface area contributed by atoms with Gasteiger partial charge >= 0.3 is 0 Å². The van der Waals surface area contributed by atoms with E-state index in [1.54, 1.807) is 11.0 Å². The van der Waals surface area contributed by atoms with Gasteiger partial charge in [-0.3, -0.25) is 9.59 Å². The van der Waals surface area contributed by atoms with Crippen molar-refractivity contribution in [1.29, 1.82) is 0 Å². The second-order valence-corrected chi connectivity index (χ2v) is 13.3. The number of ether oxygens (including phenoxy) is 2. The van der Waals surface area contributed by atoms with Crippen LogP contribution in [0.25, 0.3) is 0 Å². The van der Waals surface area contributed by atoms with Crippen LogP contribution in [0.2, 0.25) is 0 Å². The fourth-order valence-corrected chi connectivity index (χ4v) is 7.81. The van der Waals surface area contributed by atoms with Crippen LogP contribution in [0.4, 0.5) is 0 Å². The molecule has 10 heteroatoms. The third-order valence-corrected chi connectivity index (χ3v) is 10.7. The molecule has 0 atom stereocenters. The van der Waals surface area contributed by atoms with Crippen molar-refractivity contribution in [2.24, 2.45) is 5.41 Å². The van der Waals surface area contributed by atoms with E-state index in [1.165, 1.54) is 29.1 Å². The van der Waals surface area contributed by atoms with E-state index in [1.807, 2.05) is 18.2 Å². The molecule has 2 saturated heterocycles. The molecule has 0 aromatic heterocycles. The Morgan fingerprint density at radius 3 is 2.46 bits per heavy atom. The lowest BCUT2D eigenvalue weighted by Crippen LogP contribution is -2.50. The predicted octanol–water partition coefficient (Wildman–Crippen LogP) is 4.01. The summed E-state index contributed by atoms with van der Waals surface area (Å²) in [6.45, 7) is 2.91. The summed E-state index contributed by atoms with van der Waals surface area (Å²) in [5.41, 5.74) is 0.904. The highest BCUT2D eigenvalue weighted by Gasteiger charge is 2.42. The zero-order chi connectivity index (χ0) is 28.9. The summed E-state index contributed by atoms with van der Waals surface area (Å²) >= 11 is 0. The van der Waals surface area contributed by atoms with E-state index in [9.17, 15) is 18.0 Å². The number of likely N-dealkylation sites (tertiary alicyclic amines) is 1. The molecule has 2 aromatic carbocycles. The highest BCUT2D eigenvalue weighted by molar-refractivity contribution is 7.89. The highest BCUT2D eigenvalue weighted by Crippen LogP contribution is 2.39. The zero-order valence-corrected chi connectivity index (χ0v) is 24.7. The number of nitrogens with one attached hydrogen (secondary N) is 1. The average Bonchev–Trinajstić information content (AvgIpc) is 3.55. The smallest absolute Gasteiger partial charge is 0.257 e. The molecule has 3 aliphatic heterocycles. The van der Waals surface area contributed by atoms with E-state index >= 15 is 0 Å². The van der Waals surface area contributed by atoms with Crippen LogP contribution in [-0.4, -0.2) is 75.9 Å². The molecule has 0 saturated carbocycles. The Morgan fingerprint density at radius 2 is 1.71 bits per heavy atom. The maximum Gasteiger partial charge on any atom is 0.257 e. The first-order chi connectivity index (χ1) is 19.8. The van der Waals surface area contributed by atoms with Gasteiger partial charge in [-0.2, -0.15) is 4.31 Å². The Kier molecular flexibility index (Phi) is 9.19. The van der Waals surface area contributed by atoms with Crippen LogP contribution in [0, 0.1) is 5.41 Å². The lowest BCUT2D eigenvalue weighted by molar-refractivity contribution is -0.134. The molecule has 3 heterocycles. The summed E-state index contributed by atoms with van der Waals surface area (Å²) in [6, 6.07) is 12.7. The molecule has 0 unspecified atom stereocenters. The quantitative estimate of drug-likeness (QED) is 0.583. The van der Waals surface area contributed by atoms with Crippen molar-refractivity contribution in [3.8, 4) is 11.5 Å². The number of hydrogen-bond donors (Lipinski definition) is 1. The van der Waals surface area contributed by atoms with E-state index in [0.717, 1.165) is 50.7 Å². The minimum absolute atomic E-state index is 0.0534. The number of para-hydroxylation sites is 1. The summed E-state index contributed by atoms with van der Waals surface area (Å²) in [4.78, 5) is 29.0. The second-order valence-electron chi connectivity index (χ2n) is 11.3. The van der Waals surface area contributed by atoms with Gasteiger partial charge in [-0.1, -0.05) is 24.6 Å². The first-order valence-corrected chi connectivity index (χ1v) is 16.2. The molecule has 2 amide bonds. The molecule has 2 fully saturated rings. The van der Waals surface area contributed by atoms with E-state index in [2.05, 4.69) is 11.4 Å². The number of carbonyl (C=O) groups is 2. The van der Waals surface area contributed by atoms with Crippen LogP contribution < -0.4 is 14.8 Å². The fraction of sp³-hybridized carbons (Fsp3) is 0.548. The third kappa shape index (κ3) is 6.38. The minimum Gasteiger partial charge on any atom is -0.496 e. The highest BCUT2D eigenvalue weighted by atomic mass is 32.2. The van der Waals surface area contributed by atoms with Gasteiger partial charge in [0.15, 0.2) is 0 Å². The van der Waals surface area contributed by atoms with E-state index in [-0.39, 0.29) is 22.3 Å². The minimum atomic E-state index is -3.68. The number of benzene rings is 2. The number of rotatable bonds is 4. The second kappa shape index (κ2) is 12.8. The van der Waals surface area contributed by atoms with Gasteiger partial charge < -0.3 is 19.7 Å². The fourth-order valence-electron chi connectivity index (χ4n) is 6.26. The van der Waals surface area contributed by atoms with E-state index in [4.69, 9.17) is 9.47 Å². The molecular weight excluding hydrogens is 542 g/mol. The standard InChI is InChI=1S/C31H41N3O6S/c1-39-28-13-12-25(41(37,38)34-18-6-7-19-34)23-26(28)29(35)33-20-15-31(16-21-33)14-5-4-10-24-9-2-3-11-27(24)40-22-8-17-32-30(31)36/h2-3,9,11-13,23H,4-8,10,14-22H2,1H3,(H,32,36). The van der Waals surface area contributed by atoms with Crippen molar-refractivity contribution in [2.75, 3.05) is 46.4 Å². The number of sulfonamides is 1. The van der Waals surface area contributed by atoms with Gasteiger partial charge in [0.05, 0.1) is 29.6 Å². The molecular formula is C31H41N3O6S. The van der Waals surface area contributed by atoms with Crippen molar-refractivity contribution in [3.05, 3.63) is 53.6 Å². The lowest BCUT2D eigenvalue weighted by atomic mass is 9.73. The number of carbonyl (C=O) groups excluding carboxylic acids is 2. The molecule has 0 bridgehead atoms. The van der Waals surface area contributed by atoms with Gasteiger partial charge in [-0.05, 0) is 81.2 Å². The van der Waals surface area contributed by atoms with Gasteiger partial charge in [0.1, 0.15) is 11.5 Å². The van der Waals surface area contributed by atoms with Crippen LogP contribution in [0.15, 0.2) is 47.4 Å². The molecule has 3 aliphatic rings. The van der Waals surface area contributed by atoms with Crippen LogP contribution >= 0.6 is 0 Å². The van der Waals surface area contributed by atoms with Crippen LogP contribution in [-0.2, 0) is 21.2 Å². The van der Waals surface area contributed by atoms with Crippen molar-refractivity contribution in [2.45, 2.75) is 62.7 Å². The molecule has 5 rings (SSSR count). The summed E-state index contributed by atoms with van der Waals surface area (Å²) in [6.07, 6.45) is 7.03. The average molecular weight is 584 g/mol. The van der Waals surface area contributed by atoms with E-state index in [0.29, 0.717) is 57.9 Å².